The Bertz CT molecular complexity index is 339. The van der Waals surface area contributed by atoms with Crippen LogP contribution in [0.2, 0.25) is 0 Å². The van der Waals surface area contributed by atoms with Crippen LogP contribution in [0.25, 0.3) is 0 Å². The molecule has 6 nitrogen and oxygen atoms in total. The highest BCUT2D eigenvalue weighted by molar-refractivity contribution is 5.88. The molecule has 1 amide bonds. The average molecular weight is 180 g/mol. The summed E-state index contributed by atoms with van der Waals surface area (Å²) in [5, 5.41) is 11.6. The summed E-state index contributed by atoms with van der Waals surface area (Å²) in [6, 6.07) is 1.99. The number of carbonyl (C=O) groups excluding carboxylic acids is 1. The molecule has 0 unspecified atom stereocenters. The molecule has 1 rings (SSSR count). The summed E-state index contributed by atoms with van der Waals surface area (Å²) in [6.45, 7) is 0. The van der Waals surface area contributed by atoms with Gasteiger partial charge in [-0.25, -0.2) is 0 Å². The monoisotopic (exact) mass is 180 g/mol. The minimum atomic E-state index is -0.713. The van der Waals surface area contributed by atoms with E-state index in [1.165, 1.54) is 0 Å². The largest absolute Gasteiger partial charge is 0.363 e. The molecule has 0 saturated heterocycles. The SMILES string of the molecule is N#CCCCc1nc(C(N)=O)no1. The quantitative estimate of drug-likeness (QED) is 0.657. The fourth-order valence-corrected chi connectivity index (χ4v) is 0.775. The van der Waals surface area contributed by atoms with Crippen molar-refractivity contribution in [2.45, 2.75) is 19.3 Å². The van der Waals surface area contributed by atoms with Gasteiger partial charge in [-0.15, -0.1) is 0 Å². The molecule has 0 saturated carbocycles. The van der Waals surface area contributed by atoms with Gasteiger partial charge in [-0.05, 0) is 6.42 Å². The Labute approximate surface area is 74.3 Å². The van der Waals surface area contributed by atoms with Crippen LogP contribution in [0.4, 0.5) is 0 Å². The van der Waals surface area contributed by atoms with Crippen molar-refractivity contribution in [3.63, 3.8) is 0 Å². The van der Waals surface area contributed by atoms with Crippen molar-refractivity contribution in [2.75, 3.05) is 0 Å². The molecule has 1 aromatic rings. The predicted molar refractivity (Wildman–Crippen MR) is 41.4 cm³/mol. The summed E-state index contributed by atoms with van der Waals surface area (Å²) in [4.78, 5) is 14.2. The third-order valence-electron chi connectivity index (χ3n) is 1.37. The van der Waals surface area contributed by atoms with Crippen molar-refractivity contribution >= 4 is 5.91 Å². The van der Waals surface area contributed by atoms with Crippen LogP contribution < -0.4 is 5.73 Å². The summed E-state index contributed by atoms with van der Waals surface area (Å²) in [5.74, 6) is -0.494. The van der Waals surface area contributed by atoms with Gasteiger partial charge in [0.1, 0.15) is 0 Å². The van der Waals surface area contributed by atoms with Crippen LogP contribution in [0.3, 0.4) is 0 Å². The third kappa shape index (κ3) is 2.56. The molecular weight excluding hydrogens is 172 g/mol. The molecule has 0 aliphatic heterocycles. The predicted octanol–water partition coefficient (Wildman–Crippen LogP) is 0.0148. The molecule has 0 aromatic carbocycles. The second kappa shape index (κ2) is 4.21. The Hall–Kier alpha value is -1.90. The molecular formula is C7H8N4O2. The van der Waals surface area contributed by atoms with Crippen molar-refractivity contribution in [1.29, 1.82) is 5.26 Å². The number of hydrogen-bond acceptors (Lipinski definition) is 5. The number of carbonyl (C=O) groups is 1. The van der Waals surface area contributed by atoms with Gasteiger partial charge in [0.15, 0.2) is 0 Å². The van der Waals surface area contributed by atoms with E-state index in [4.69, 9.17) is 15.5 Å². The highest BCUT2D eigenvalue weighted by Crippen LogP contribution is 2.01. The number of primary amides is 1. The van der Waals surface area contributed by atoms with Crippen molar-refractivity contribution in [3.05, 3.63) is 11.7 Å². The topological polar surface area (TPSA) is 106 Å². The molecule has 6 heteroatoms. The zero-order chi connectivity index (χ0) is 9.68. The number of nitriles is 1. The van der Waals surface area contributed by atoms with Crippen LogP contribution in [-0.2, 0) is 6.42 Å². The van der Waals surface area contributed by atoms with Gasteiger partial charge in [0.05, 0.1) is 6.07 Å². The number of nitrogens with zero attached hydrogens (tertiary/aromatic N) is 3. The van der Waals surface area contributed by atoms with Crippen LogP contribution >= 0.6 is 0 Å². The van der Waals surface area contributed by atoms with Crippen LogP contribution in [0.1, 0.15) is 29.4 Å². The van der Waals surface area contributed by atoms with E-state index in [9.17, 15) is 4.79 Å². The van der Waals surface area contributed by atoms with Gasteiger partial charge in [-0.3, -0.25) is 4.79 Å². The Balaban J connectivity index is 2.50. The number of amides is 1. The number of rotatable bonds is 4. The molecule has 0 aliphatic carbocycles. The first kappa shape index (κ1) is 9.19. The van der Waals surface area contributed by atoms with E-state index < -0.39 is 5.91 Å². The summed E-state index contributed by atoms with van der Waals surface area (Å²) < 4.78 is 4.70. The molecule has 0 bridgehead atoms. The van der Waals surface area contributed by atoms with Crippen molar-refractivity contribution in [2.24, 2.45) is 5.73 Å². The molecule has 1 heterocycles. The minimum absolute atomic E-state index is 0.119. The average Bonchev–Trinajstić information content (AvgIpc) is 2.53. The lowest BCUT2D eigenvalue weighted by Gasteiger charge is -1.86. The van der Waals surface area contributed by atoms with E-state index in [1.807, 2.05) is 6.07 Å². The first-order chi connectivity index (χ1) is 6.24. The Kier molecular flexibility index (Phi) is 2.97. The van der Waals surface area contributed by atoms with E-state index in [0.717, 1.165) is 0 Å². The summed E-state index contributed by atoms with van der Waals surface area (Å²) in [7, 11) is 0. The number of hydrogen-bond donors (Lipinski definition) is 1. The first-order valence-corrected chi connectivity index (χ1v) is 3.73. The van der Waals surface area contributed by atoms with Crippen molar-refractivity contribution < 1.29 is 9.32 Å². The van der Waals surface area contributed by atoms with Gasteiger partial charge in [0, 0.05) is 12.8 Å². The highest BCUT2D eigenvalue weighted by atomic mass is 16.5. The fourth-order valence-electron chi connectivity index (χ4n) is 0.775. The molecule has 1 aromatic heterocycles. The van der Waals surface area contributed by atoms with Gasteiger partial charge in [0.2, 0.25) is 5.89 Å². The van der Waals surface area contributed by atoms with E-state index in [-0.39, 0.29) is 5.82 Å². The number of nitrogens with two attached hydrogens (primary N) is 1. The molecule has 0 spiro atoms. The number of aryl methyl sites for hydroxylation is 1. The van der Waals surface area contributed by atoms with Gasteiger partial charge in [0.25, 0.3) is 11.7 Å². The molecule has 2 N–H and O–H groups in total. The molecule has 0 atom stereocenters. The normalized spacial score (nSPS) is 9.46. The Morgan fingerprint density at radius 1 is 1.69 bits per heavy atom. The van der Waals surface area contributed by atoms with E-state index >= 15 is 0 Å². The van der Waals surface area contributed by atoms with E-state index in [0.29, 0.717) is 25.2 Å². The minimum Gasteiger partial charge on any atom is -0.363 e. The lowest BCUT2D eigenvalue weighted by atomic mass is 10.2. The first-order valence-electron chi connectivity index (χ1n) is 3.73. The lowest BCUT2D eigenvalue weighted by molar-refractivity contribution is 0.0987. The molecule has 0 fully saturated rings. The maximum absolute atomic E-state index is 10.5. The smallest absolute Gasteiger partial charge is 0.290 e. The summed E-state index contributed by atoms with van der Waals surface area (Å²) in [6.07, 6.45) is 1.55. The fraction of sp³-hybridized carbons (Fsp3) is 0.429. The van der Waals surface area contributed by atoms with Crippen LogP contribution in [0, 0.1) is 11.3 Å². The van der Waals surface area contributed by atoms with E-state index in [2.05, 4.69) is 10.1 Å². The maximum atomic E-state index is 10.5. The zero-order valence-corrected chi connectivity index (χ0v) is 6.86. The Morgan fingerprint density at radius 3 is 3.00 bits per heavy atom. The van der Waals surface area contributed by atoms with E-state index in [1.54, 1.807) is 0 Å². The number of unbranched alkanes of at least 4 members (excludes halogenated alkanes) is 1. The molecule has 0 radical (unpaired) electrons. The summed E-state index contributed by atoms with van der Waals surface area (Å²) in [5.41, 5.74) is 4.91. The highest BCUT2D eigenvalue weighted by Gasteiger charge is 2.09. The number of aromatic nitrogens is 2. The van der Waals surface area contributed by atoms with Gasteiger partial charge >= 0.3 is 0 Å². The standard InChI is InChI=1S/C7H8N4O2/c8-4-2-1-3-5-10-7(6(9)12)11-13-5/h1-3H2,(H2,9,12). The third-order valence-corrected chi connectivity index (χ3v) is 1.37. The van der Waals surface area contributed by atoms with Gasteiger partial charge in [-0.2, -0.15) is 10.2 Å². The Morgan fingerprint density at radius 2 is 2.46 bits per heavy atom. The van der Waals surface area contributed by atoms with Gasteiger partial charge < -0.3 is 10.3 Å². The second-order valence-electron chi connectivity index (χ2n) is 2.39. The lowest BCUT2D eigenvalue weighted by Crippen LogP contribution is -2.12. The van der Waals surface area contributed by atoms with Crippen LogP contribution in [-0.4, -0.2) is 16.0 Å². The summed E-state index contributed by atoms with van der Waals surface area (Å²) >= 11 is 0. The second-order valence-corrected chi connectivity index (χ2v) is 2.39. The van der Waals surface area contributed by atoms with Crippen molar-refractivity contribution in [1.82, 2.24) is 10.1 Å². The van der Waals surface area contributed by atoms with Gasteiger partial charge in [-0.1, -0.05) is 5.16 Å². The van der Waals surface area contributed by atoms with Crippen molar-refractivity contribution in [3.8, 4) is 6.07 Å². The van der Waals surface area contributed by atoms with Crippen LogP contribution in [0.15, 0.2) is 4.52 Å². The zero-order valence-electron chi connectivity index (χ0n) is 6.86. The van der Waals surface area contributed by atoms with Crippen LogP contribution in [0.5, 0.6) is 0 Å². The molecule has 0 aliphatic rings. The maximum Gasteiger partial charge on any atom is 0.290 e. The molecule has 13 heavy (non-hydrogen) atoms. The molecule has 68 valence electrons.